The number of benzene rings is 2. The van der Waals surface area contributed by atoms with E-state index in [4.69, 9.17) is 0 Å². The zero-order valence-electron chi connectivity index (χ0n) is 15.6. The van der Waals surface area contributed by atoms with Gasteiger partial charge in [0.25, 0.3) is 0 Å². The van der Waals surface area contributed by atoms with Crippen molar-refractivity contribution in [2.24, 2.45) is 5.10 Å². The molecule has 1 amide bonds. The molecule has 2 aromatic rings. The third-order valence-corrected chi connectivity index (χ3v) is 4.74. The Kier molecular flexibility index (Phi) is 7.18. The molecule has 5 heteroatoms. The van der Waals surface area contributed by atoms with Crippen LogP contribution in [0.4, 0.5) is 5.69 Å². The van der Waals surface area contributed by atoms with Crippen molar-refractivity contribution in [3.8, 4) is 0 Å². The van der Waals surface area contributed by atoms with Crippen molar-refractivity contribution in [3.05, 3.63) is 72.3 Å². The van der Waals surface area contributed by atoms with Crippen LogP contribution in [-0.4, -0.2) is 44.8 Å². The van der Waals surface area contributed by atoms with Crippen LogP contribution >= 0.6 is 0 Å². The maximum atomic E-state index is 11.9. The van der Waals surface area contributed by atoms with Crippen molar-refractivity contribution in [1.82, 2.24) is 5.43 Å². The largest absolute Gasteiger partial charge is 0.360 e. The number of nitrogens with zero attached hydrogens (tertiary/aromatic N) is 2. The van der Waals surface area contributed by atoms with Gasteiger partial charge in [-0.3, -0.25) is 4.79 Å². The first-order valence-electron chi connectivity index (χ1n) is 9.48. The predicted octanol–water partition coefficient (Wildman–Crippen LogP) is 1.60. The predicted molar refractivity (Wildman–Crippen MR) is 111 cm³/mol. The third-order valence-electron chi connectivity index (χ3n) is 4.74. The van der Waals surface area contributed by atoms with Gasteiger partial charge in [-0.15, -0.1) is 0 Å². The van der Waals surface area contributed by atoms with Crippen LogP contribution in [0.2, 0.25) is 0 Å². The highest BCUT2D eigenvalue weighted by atomic mass is 16.2. The standard InChI is InChI=1S/C22H26N4O/c27-22(24-23-14-7-10-20-8-3-1-4-9-20)13-15-25-16-18-26(19-17-25)21-11-5-2-6-12-21/h1-12,14H,13,15-19H2,(H,24,27)/p+1/b10-7+,23-14-. The van der Waals surface area contributed by atoms with Crippen LogP contribution in [0.5, 0.6) is 0 Å². The maximum Gasteiger partial charge on any atom is 0.245 e. The molecule has 0 saturated carbocycles. The van der Waals surface area contributed by atoms with Gasteiger partial charge in [-0.25, -0.2) is 5.43 Å². The summed E-state index contributed by atoms with van der Waals surface area (Å²) < 4.78 is 0. The molecular formula is C22H27N4O+. The molecule has 1 aliphatic heterocycles. The first kappa shape index (κ1) is 18.9. The number of nitrogens with one attached hydrogen (secondary N) is 2. The maximum absolute atomic E-state index is 11.9. The Morgan fingerprint density at radius 2 is 1.70 bits per heavy atom. The Labute approximate surface area is 161 Å². The average molecular weight is 363 g/mol. The molecule has 0 aliphatic carbocycles. The summed E-state index contributed by atoms with van der Waals surface area (Å²) in [7, 11) is 0. The molecule has 1 fully saturated rings. The number of carbonyl (C=O) groups is 1. The van der Waals surface area contributed by atoms with E-state index in [0.717, 1.165) is 38.3 Å². The fraction of sp³-hybridized carbons (Fsp3) is 0.273. The monoisotopic (exact) mass is 363 g/mol. The minimum Gasteiger partial charge on any atom is -0.360 e. The van der Waals surface area contributed by atoms with Crippen molar-refractivity contribution in [3.63, 3.8) is 0 Å². The second kappa shape index (κ2) is 10.3. The molecule has 5 nitrogen and oxygen atoms in total. The van der Waals surface area contributed by atoms with Crippen molar-refractivity contribution in [2.45, 2.75) is 6.42 Å². The molecule has 0 atom stereocenters. The van der Waals surface area contributed by atoms with Gasteiger partial charge in [0.05, 0.1) is 39.1 Å². The highest BCUT2D eigenvalue weighted by Gasteiger charge is 2.20. The smallest absolute Gasteiger partial charge is 0.245 e. The van der Waals surface area contributed by atoms with Gasteiger partial charge in [-0.2, -0.15) is 5.10 Å². The third kappa shape index (κ3) is 6.38. The van der Waals surface area contributed by atoms with Gasteiger partial charge in [-0.1, -0.05) is 54.6 Å². The number of allylic oxidation sites excluding steroid dienone is 1. The molecule has 2 N–H and O–H groups in total. The summed E-state index contributed by atoms with van der Waals surface area (Å²) in [6.45, 7) is 5.03. The van der Waals surface area contributed by atoms with Crippen LogP contribution in [0.1, 0.15) is 12.0 Å². The van der Waals surface area contributed by atoms with Gasteiger partial charge in [0.2, 0.25) is 5.91 Å². The summed E-state index contributed by atoms with van der Waals surface area (Å²) >= 11 is 0. The molecule has 1 saturated heterocycles. The second-order valence-electron chi connectivity index (χ2n) is 6.66. The van der Waals surface area contributed by atoms with E-state index < -0.39 is 0 Å². The molecule has 2 aromatic carbocycles. The number of hydrazone groups is 1. The van der Waals surface area contributed by atoms with Crippen LogP contribution < -0.4 is 15.2 Å². The van der Waals surface area contributed by atoms with E-state index in [1.165, 1.54) is 10.6 Å². The van der Waals surface area contributed by atoms with Crippen LogP contribution in [0.25, 0.3) is 6.08 Å². The molecule has 0 bridgehead atoms. The van der Waals surface area contributed by atoms with Crippen molar-refractivity contribution in [2.75, 3.05) is 37.6 Å². The number of hydrogen-bond donors (Lipinski definition) is 2. The van der Waals surface area contributed by atoms with Crippen molar-refractivity contribution >= 4 is 23.9 Å². The molecule has 0 aromatic heterocycles. The van der Waals surface area contributed by atoms with E-state index in [-0.39, 0.29) is 5.91 Å². The van der Waals surface area contributed by atoms with Gasteiger partial charge in [0, 0.05) is 11.9 Å². The Morgan fingerprint density at radius 1 is 1.04 bits per heavy atom. The Hall–Kier alpha value is -2.92. The number of piperazine rings is 1. The molecule has 27 heavy (non-hydrogen) atoms. The van der Waals surface area contributed by atoms with Crippen LogP contribution in [0, 0.1) is 0 Å². The van der Waals surface area contributed by atoms with E-state index >= 15 is 0 Å². The number of carbonyl (C=O) groups excluding carboxylic acids is 1. The van der Waals surface area contributed by atoms with Gasteiger partial charge >= 0.3 is 0 Å². The molecule has 140 valence electrons. The summed E-state index contributed by atoms with van der Waals surface area (Å²) in [4.78, 5) is 15.8. The highest BCUT2D eigenvalue weighted by molar-refractivity contribution is 5.81. The molecule has 3 rings (SSSR count). The van der Waals surface area contributed by atoms with Gasteiger partial charge in [0.15, 0.2) is 0 Å². The summed E-state index contributed by atoms with van der Waals surface area (Å²) in [5.41, 5.74) is 4.99. The quantitative estimate of drug-likeness (QED) is 0.580. The van der Waals surface area contributed by atoms with Crippen molar-refractivity contribution in [1.29, 1.82) is 0 Å². The normalized spacial score (nSPS) is 15.5. The zero-order valence-corrected chi connectivity index (χ0v) is 15.6. The van der Waals surface area contributed by atoms with Gasteiger partial charge in [0.1, 0.15) is 0 Å². The fourth-order valence-corrected chi connectivity index (χ4v) is 3.19. The first-order valence-corrected chi connectivity index (χ1v) is 9.48. The molecule has 0 radical (unpaired) electrons. The minimum absolute atomic E-state index is 0.0302. The Bertz CT molecular complexity index is 750. The topological polar surface area (TPSA) is 49.1 Å². The molecular weight excluding hydrogens is 336 g/mol. The van der Waals surface area contributed by atoms with Crippen LogP contribution in [0.15, 0.2) is 71.8 Å². The number of anilines is 1. The lowest BCUT2D eigenvalue weighted by Crippen LogP contribution is -3.15. The van der Waals surface area contributed by atoms with Crippen LogP contribution in [-0.2, 0) is 4.79 Å². The highest BCUT2D eigenvalue weighted by Crippen LogP contribution is 2.12. The van der Waals surface area contributed by atoms with E-state index in [1.807, 2.05) is 48.6 Å². The lowest BCUT2D eigenvalue weighted by Gasteiger charge is -2.33. The van der Waals surface area contributed by atoms with E-state index in [1.54, 1.807) is 6.21 Å². The second-order valence-corrected chi connectivity index (χ2v) is 6.66. The fourth-order valence-electron chi connectivity index (χ4n) is 3.19. The van der Waals surface area contributed by atoms with Crippen molar-refractivity contribution < 1.29 is 9.69 Å². The van der Waals surface area contributed by atoms with E-state index in [2.05, 4.69) is 39.7 Å². The van der Waals surface area contributed by atoms with Gasteiger partial charge in [-0.05, 0) is 23.8 Å². The number of para-hydroxylation sites is 1. The Balaban J connectivity index is 1.32. The summed E-state index contributed by atoms with van der Waals surface area (Å²) in [6, 6.07) is 20.5. The summed E-state index contributed by atoms with van der Waals surface area (Å²) in [6.07, 6.45) is 5.88. The molecule has 0 unspecified atom stereocenters. The lowest BCUT2D eigenvalue weighted by molar-refractivity contribution is -0.900. The summed E-state index contributed by atoms with van der Waals surface area (Å²) in [5, 5.41) is 3.97. The van der Waals surface area contributed by atoms with Crippen LogP contribution in [0.3, 0.4) is 0 Å². The molecule has 0 spiro atoms. The van der Waals surface area contributed by atoms with Gasteiger partial charge < -0.3 is 9.80 Å². The average Bonchev–Trinajstić information content (AvgIpc) is 2.74. The molecule has 1 aliphatic rings. The van der Waals surface area contributed by atoms with E-state index in [9.17, 15) is 4.79 Å². The first-order chi connectivity index (χ1) is 13.3. The number of quaternary nitrogens is 1. The SMILES string of the molecule is O=C(CC[NH+]1CCN(c2ccccc2)CC1)N/N=C\C=C\c1ccccc1. The van der Waals surface area contributed by atoms with E-state index in [0.29, 0.717) is 6.42 Å². The molecule has 1 heterocycles. The number of rotatable bonds is 7. The number of amides is 1. The minimum atomic E-state index is -0.0302. The summed E-state index contributed by atoms with van der Waals surface area (Å²) in [5.74, 6) is -0.0302. The number of hydrogen-bond acceptors (Lipinski definition) is 3. The Morgan fingerprint density at radius 3 is 2.41 bits per heavy atom. The lowest BCUT2D eigenvalue weighted by atomic mass is 10.2. The zero-order chi connectivity index (χ0) is 18.7.